The van der Waals surface area contributed by atoms with Crippen LogP contribution in [0.25, 0.3) is 6.08 Å². The molecule has 1 saturated heterocycles. The molecule has 0 atom stereocenters. The maximum Gasteiger partial charge on any atom is 0.298 e. The summed E-state index contributed by atoms with van der Waals surface area (Å²) in [5.74, 6) is 0.823. The molecule has 0 aromatic heterocycles. The number of anilines is 1. The molecule has 0 spiro atoms. The van der Waals surface area contributed by atoms with Gasteiger partial charge < -0.3 is 9.47 Å². The number of hydrogen-bond donors (Lipinski definition) is 0. The normalized spacial score (nSPS) is 15.4. The van der Waals surface area contributed by atoms with Crippen molar-refractivity contribution >= 4 is 62.2 Å². The second kappa shape index (κ2) is 9.03. The Hall–Kier alpha value is -1.96. The summed E-state index contributed by atoms with van der Waals surface area (Å²) >= 11 is 10.3. The second-order valence-electron chi connectivity index (χ2n) is 5.68. The van der Waals surface area contributed by atoms with Crippen LogP contribution in [-0.4, -0.2) is 24.4 Å². The molecular formula is C20H17BrClNO4S. The number of benzene rings is 2. The third-order valence-corrected chi connectivity index (χ3v) is 5.54. The fourth-order valence-electron chi connectivity index (χ4n) is 2.66. The zero-order valence-electron chi connectivity index (χ0n) is 15.2. The standard InChI is InChI=1S/C20H17BrClNO4S/c1-3-26-16-11-17(27-4-2)15(21)8-12(16)9-18-19(24)23(20(25)28-18)14-7-5-6-13(22)10-14/h5-11H,3-4H2,1-2H3. The number of thioether (sulfide) groups is 1. The van der Waals surface area contributed by atoms with Crippen molar-refractivity contribution < 1.29 is 19.1 Å². The SMILES string of the molecule is CCOc1cc(OCC)c(C=C2SC(=O)N(c3cccc(Cl)c3)C2=O)cc1Br. The summed E-state index contributed by atoms with van der Waals surface area (Å²) in [5.41, 5.74) is 1.12. The van der Waals surface area contributed by atoms with E-state index in [1.54, 1.807) is 36.4 Å². The summed E-state index contributed by atoms with van der Waals surface area (Å²) in [6.07, 6.45) is 1.65. The minimum Gasteiger partial charge on any atom is -0.493 e. The van der Waals surface area contributed by atoms with E-state index < -0.39 is 5.91 Å². The van der Waals surface area contributed by atoms with E-state index in [9.17, 15) is 9.59 Å². The molecule has 0 unspecified atom stereocenters. The molecular weight excluding hydrogens is 466 g/mol. The van der Waals surface area contributed by atoms with Gasteiger partial charge in [-0.25, -0.2) is 4.90 Å². The molecule has 2 amide bonds. The minimum absolute atomic E-state index is 0.307. The van der Waals surface area contributed by atoms with E-state index in [1.165, 1.54) is 0 Å². The molecule has 2 aromatic rings. The Morgan fingerprint density at radius 3 is 2.50 bits per heavy atom. The van der Waals surface area contributed by atoms with Crippen LogP contribution in [-0.2, 0) is 4.79 Å². The molecule has 0 radical (unpaired) electrons. The van der Waals surface area contributed by atoms with E-state index in [0.717, 1.165) is 21.1 Å². The first-order valence-corrected chi connectivity index (χ1v) is 10.6. The predicted octanol–water partition coefficient (Wildman–Crippen LogP) is 6.14. The Morgan fingerprint density at radius 2 is 1.82 bits per heavy atom. The van der Waals surface area contributed by atoms with Gasteiger partial charge in [0, 0.05) is 16.7 Å². The van der Waals surface area contributed by atoms with Gasteiger partial charge in [-0.2, -0.15) is 0 Å². The third kappa shape index (κ3) is 4.37. The van der Waals surface area contributed by atoms with Crippen molar-refractivity contribution in [3.05, 3.63) is 56.4 Å². The van der Waals surface area contributed by atoms with Crippen LogP contribution < -0.4 is 14.4 Å². The van der Waals surface area contributed by atoms with Crippen LogP contribution >= 0.6 is 39.3 Å². The molecule has 1 fully saturated rings. The molecule has 5 nitrogen and oxygen atoms in total. The largest absolute Gasteiger partial charge is 0.493 e. The van der Waals surface area contributed by atoms with Crippen LogP contribution in [0.1, 0.15) is 19.4 Å². The Labute approximate surface area is 180 Å². The average Bonchev–Trinajstić information content (AvgIpc) is 2.92. The highest BCUT2D eigenvalue weighted by molar-refractivity contribution is 9.10. The number of rotatable bonds is 6. The first kappa shape index (κ1) is 20.8. The maximum atomic E-state index is 12.9. The average molecular weight is 483 g/mol. The second-order valence-corrected chi connectivity index (χ2v) is 7.97. The van der Waals surface area contributed by atoms with E-state index in [-0.39, 0.29) is 5.24 Å². The lowest BCUT2D eigenvalue weighted by Crippen LogP contribution is -2.27. The molecule has 0 saturated carbocycles. The van der Waals surface area contributed by atoms with Crippen molar-refractivity contribution in [2.45, 2.75) is 13.8 Å². The number of nitrogens with zero attached hydrogens (tertiary/aromatic N) is 1. The molecule has 146 valence electrons. The van der Waals surface area contributed by atoms with Gasteiger partial charge in [0.1, 0.15) is 11.5 Å². The fourth-order valence-corrected chi connectivity index (χ4v) is 4.15. The number of ether oxygens (including phenoxy) is 2. The molecule has 1 aliphatic rings. The van der Waals surface area contributed by atoms with Crippen molar-refractivity contribution in [2.75, 3.05) is 18.1 Å². The molecule has 0 N–H and O–H groups in total. The summed E-state index contributed by atoms with van der Waals surface area (Å²) in [7, 11) is 0. The molecule has 2 aromatic carbocycles. The van der Waals surface area contributed by atoms with Crippen molar-refractivity contribution in [3.63, 3.8) is 0 Å². The topological polar surface area (TPSA) is 55.8 Å². The quantitative estimate of drug-likeness (QED) is 0.463. The van der Waals surface area contributed by atoms with Gasteiger partial charge in [0.15, 0.2) is 0 Å². The van der Waals surface area contributed by atoms with Gasteiger partial charge in [-0.3, -0.25) is 9.59 Å². The van der Waals surface area contributed by atoms with Crippen LogP contribution in [0.15, 0.2) is 45.8 Å². The van der Waals surface area contributed by atoms with E-state index in [1.807, 2.05) is 19.9 Å². The summed E-state index contributed by atoms with van der Waals surface area (Å²) in [6, 6.07) is 10.2. The summed E-state index contributed by atoms with van der Waals surface area (Å²) in [5, 5.41) is 0.0797. The van der Waals surface area contributed by atoms with Crippen LogP contribution in [0, 0.1) is 0 Å². The van der Waals surface area contributed by atoms with Crippen LogP contribution in [0.2, 0.25) is 5.02 Å². The molecule has 0 aliphatic carbocycles. The zero-order chi connectivity index (χ0) is 20.3. The van der Waals surface area contributed by atoms with E-state index >= 15 is 0 Å². The zero-order valence-corrected chi connectivity index (χ0v) is 18.4. The van der Waals surface area contributed by atoms with Crippen LogP contribution in [0.3, 0.4) is 0 Å². The van der Waals surface area contributed by atoms with Crippen LogP contribution in [0.5, 0.6) is 11.5 Å². The lowest BCUT2D eigenvalue weighted by Gasteiger charge is -2.13. The Balaban J connectivity index is 1.98. The van der Waals surface area contributed by atoms with E-state index in [0.29, 0.717) is 45.9 Å². The Morgan fingerprint density at radius 1 is 1.11 bits per heavy atom. The summed E-state index contributed by atoms with van der Waals surface area (Å²) < 4.78 is 12.0. The number of hydrogen-bond acceptors (Lipinski definition) is 5. The summed E-state index contributed by atoms with van der Waals surface area (Å²) in [4.78, 5) is 26.7. The molecule has 28 heavy (non-hydrogen) atoms. The lowest BCUT2D eigenvalue weighted by atomic mass is 10.1. The smallest absolute Gasteiger partial charge is 0.298 e. The van der Waals surface area contributed by atoms with Gasteiger partial charge in [0.25, 0.3) is 11.1 Å². The van der Waals surface area contributed by atoms with Gasteiger partial charge in [0.2, 0.25) is 0 Å². The van der Waals surface area contributed by atoms with E-state index in [2.05, 4.69) is 15.9 Å². The first-order chi connectivity index (χ1) is 13.4. The molecule has 1 heterocycles. The first-order valence-electron chi connectivity index (χ1n) is 8.57. The van der Waals surface area contributed by atoms with Gasteiger partial charge >= 0.3 is 0 Å². The Bertz CT molecular complexity index is 963. The highest BCUT2D eigenvalue weighted by Gasteiger charge is 2.36. The number of amides is 2. The van der Waals surface area contributed by atoms with Crippen molar-refractivity contribution in [2.24, 2.45) is 0 Å². The number of carbonyl (C=O) groups is 2. The van der Waals surface area contributed by atoms with E-state index in [4.69, 9.17) is 21.1 Å². The molecule has 0 bridgehead atoms. The van der Waals surface area contributed by atoms with Gasteiger partial charge in [-0.15, -0.1) is 0 Å². The predicted molar refractivity (Wildman–Crippen MR) is 116 cm³/mol. The minimum atomic E-state index is -0.398. The highest BCUT2D eigenvalue weighted by Crippen LogP contribution is 2.39. The summed E-state index contributed by atoms with van der Waals surface area (Å²) in [6.45, 7) is 4.74. The monoisotopic (exact) mass is 481 g/mol. The number of halogens is 2. The highest BCUT2D eigenvalue weighted by atomic mass is 79.9. The lowest BCUT2D eigenvalue weighted by molar-refractivity contribution is -0.113. The molecule has 1 aliphatic heterocycles. The van der Waals surface area contributed by atoms with Gasteiger partial charge in [-0.05, 0) is 71.9 Å². The number of imide groups is 1. The van der Waals surface area contributed by atoms with Crippen LogP contribution in [0.4, 0.5) is 10.5 Å². The molecule has 3 rings (SSSR count). The fraction of sp³-hybridized carbons (Fsp3) is 0.200. The van der Waals surface area contributed by atoms with Gasteiger partial charge in [-0.1, -0.05) is 17.7 Å². The maximum absolute atomic E-state index is 12.9. The molecule has 8 heteroatoms. The Kier molecular flexibility index (Phi) is 6.69. The third-order valence-electron chi connectivity index (χ3n) is 3.81. The van der Waals surface area contributed by atoms with Crippen molar-refractivity contribution in [1.29, 1.82) is 0 Å². The van der Waals surface area contributed by atoms with Crippen molar-refractivity contribution in [3.8, 4) is 11.5 Å². The number of carbonyl (C=O) groups excluding carboxylic acids is 2. The van der Waals surface area contributed by atoms with Gasteiger partial charge in [0.05, 0.1) is 28.3 Å². The van der Waals surface area contributed by atoms with Crippen molar-refractivity contribution in [1.82, 2.24) is 0 Å².